The van der Waals surface area contributed by atoms with Gasteiger partial charge in [0.2, 0.25) is 0 Å². The molecule has 2 aromatic rings. The van der Waals surface area contributed by atoms with Gasteiger partial charge in [-0.05, 0) is 49.1 Å². The summed E-state index contributed by atoms with van der Waals surface area (Å²) < 4.78 is 5.44. The summed E-state index contributed by atoms with van der Waals surface area (Å²) in [5.74, 6) is 0. The summed E-state index contributed by atoms with van der Waals surface area (Å²) in [6.45, 7) is 3.60. The van der Waals surface area contributed by atoms with Crippen LogP contribution in [0.2, 0.25) is 0 Å². The van der Waals surface area contributed by atoms with Gasteiger partial charge >= 0.3 is 0 Å². The van der Waals surface area contributed by atoms with Crippen LogP contribution >= 0.6 is 0 Å². The number of nitrogens with zero attached hydrogens (tertiary/aromatic N) is 1. The number of ether oxygens (including phenoxy) is 1. The molecule has 2 saturated heterocycles. The first kappa shape index (κ1) is 15.6. The molecule has 4 heteroatoms. The van der Waals surface area contributed by atoms with E-state index < -0.39 is 5.60 Å². The molecule has 134 valence electrons. The number of H-pyrrole nitrogens is 1. The highest BCUT2D eigenvalue weighted by Gasteiger charge is 2.33. The quantitative estimate of drug-likeness (QED) is 0.877. The Morgan fingerprint density at radius 3 is 3.04 bits per heavy atom. The first-order valence-corrected chi connectivity index (χ1v) is 9.58. The van der Waals surface area contributed by atoms with Crippen LogP contribution in [0.25, 0.3) is 16.5 Å². The van der Waals surface area contributed by atoms with Crippen molar-refractivity contribution in [3.8, 4) is 0 Å². The van der Waals surface area contributed by atoms with Crippen LogP contribution in [0.15, 0.2) is 30.5 Å². The molecule has 0 bridgehead atoms. The molecule has 0 aliphatic carbocycles. The monoisotopic (exact) mass is 340 g/mol. The largest absolute Gasteiger partial charge is 0.385 e. The summed E-state index contributed by atoms with van der Waals surface area (Å²) in [6, 6.07) is 7.11. The Morgan fingerprint density at radius 2 is 2.16 bits per heavy atom. The highest BCUT2D eigenvalue weighted by molar-refractivity contribution is 5.93. The van der Waals surface area contributed by atoms with Gasteiger partial charge in [0.05, 0.1) is 5.60 Å². The van der Waals surface area contributed by atoms with Crippen molar-refractivity contribution in [2.24, 2.45) is 0 Å². The summed E-state index contributed by atoms with van der Waals surface area (Å²) in [7, 11) is 0. The van der Waals surface area contributed by atoms with Gasteiger partial charge in [0.25, 0.3) is 0 Å². The topological polar surface area (TPSA) is 48.5 Å². The fourth-order valence-corrected chi connectivity index (χ4v) is 4.82. The second kappa shape index (κ2) is 5.97. The van der Waals surface area contributed by atoms with Crippen LogP contribution in [-0.2, 0) is 10.3 Å². The third kappa shape index (κ3) is 2.64. The van der Waals surface area contributed by atoms with E-state index in [0.717, 1.165) is 24.0 Å². The van der Waals surface area contributed by atoms with E-state index in [2.05, 4.69) is 40.4 Å². The van der Waals surface area contributed by atoms with Crippen LogP contribution in [0.5, 0.6) is 0 Å². The van der Waals surface area contributed by atoms with Gasteiger partial charge in [0.1, 0.15) is 0 Å². The Labute approximate surface area is 150 Å². The highest BCUT2D eigenvalue weighted by Crippen LogP contribution is 2.38. The van der Waals surface area contributed by atoms with Gasteiger partial charge in [-0.2, -0.15) is 0 Å². The molecule has 1 aromatic carbocycles. The third-order valence-corrected chi connectivity index (χ3v) is 6.41. The smallest absolute Gasteiger partial charge is 0.0940 e. The lowest BCUT2D eigenvalue weighted by Crippen LogP contribution is -2.33. The molecule has 2 fully saturated rings. The van der Waals surface area contributed by atoms with E-state index in [-0.39, 0.29) is 1.43 Å². The van der Waals surface area contributed by atoms with Crippen molar-refractivity contribution >= 4 is 16.5 Å². The predicted molar refractivity (Wildman–Crippen MR) is 102 cm³/mol. The van der Waals surface area contributed by atoms with E-state index in [4.69, 9.17) is 4.74 Å². The van der Waals surface area contributed by atoms with Crippen molar-refractivity contribution in [2.45, 2.75) is 43.7 Å². The van der Waals surface area contributed by atoms with Crippen LogP contribution in [0.3, 0.4) is 0 Å². The van der Waals surface area contributed by atoms with Crippen LogP contribution in [-0.4, -0.2) is 47.3 Å². The van der Waals surface area contributed by atoms with E-state index in [1.807, 2.05) is 0 Å². The number of aromatic nitrogens is 1. The molecule has 0 radical (unpaired) electrons. The Morgan fingerprint density at radius 1 is 1.28 bits per heavy atom. The molecule has 4 heterocycles. The van der Waals surface area contributed by atoms with Crippen molar-refractivity contribution in [1.29, 1.82) is 0 Å². The molecule has 3 aliphatic heterocycles. The number of rotatable bonds is 2. The van der Waals surface area contributed by atoms with Crippen molar-refractivity contribution in [3.63, 3.8) is 0 Å². The molecule has 4 nitrogen and oxygen atoms in total. The molecule has 2 N–H and O–H groups in total. The van der Waals surface area contributed by atoms with Gasteiger partial charge in [-0.1, -0.05) is 12.1 Å². The number of aliphatic hydroxyl groups is 1. The Balaban J connectivity index is 0.00000168. The lowest BCUT2D eigenvalue weighted by atomic mass is 9.85. The predicted octanol–water partition coefficient (Wildman–Crippen LogP) is 3.66. The number of hydrogen-bond donors (Lipinski definition) is 2. The molecular formula is C21H28N2O2. The standard InChI is InChI=1S/C21H26N2O2.H2/c24-21(6-10-25-11-7-21)16-3-4-20-18(13-16)19(14-22-20)15-5-9-23-8-1-2-17(23)12-15;/h3-5,13-14,17,22,24H,1-2,6-12H2;1H. The van der Waals surface area contributed by atoms with Crippen molar-refractivity contribution in [2.75, 3.05) is 26.3 Å². The third-order valence-electron chi connectivity index (χ3n) is 6.41. The van der Waals surface area contributed by atoms with Crippen LogP contribution in [0.4, 0.5) is 0 Å². The molecule has 0 amide bonds. The first-order valence-electron chi connectivity index (χ1n) is 9.58. The normalized spacial score (nSPS) is 26.6. The van der Waals surface area contributed by atoms with Gasteiger partial charge in [0.15, 0.2) is 0 Å². The second-order valence-corrected chi connectivity index (χ2v) is 7.83. The maximum atomic E-state index is 11.1. The SMILES string of the molecule is OC1(c2ccc3[nH]cc(C4=CCN5CCCC5C4)c3c2)CCOCC1.[HH]. The number of aromatic amines is 1. The van der Waals surface area contributed by atoms with Crippen molar-refractivity contribution < 1.29 is 11.3 Å². The number of fused-ring (bicyclic) bond motifs is 2. The molecule has 5 rings (SSSR count). The zero-order chi connectivity index (χ0) is 16.9. The van der Waals surface area contributed by atoms with Crippen LogP contribution in [0.1, 0.15) is 44.7 Å². The van der Waals surface area contributed by atoms with Gasteiger partial charge in [-0.15, -0.1) is 0 Å². The molecule has 0 spiro atoms. The fourth-order valence-electron chi connectivity index (χ4n) is 4.82. The molecule has 1 unspecified atom stereocenters. The maximum absolute atomic E-state index is 11.1. The van der Waals surface area contributed by atoms with E-state index in [0.29, 0.717) is 32.1 Å². The summed E-state index contributed by atoms with van der Waals surface area (Å²) in [4.78, 5) is 6.03. The van der Waals surface area contributed by atoms with Crippen molar-refractivity contribution in [1.82, 2.24) is 9.88 Å². The summed E-state index contributed by atoms with van der Waals surface area (Å²) in [5.41, 5.74) is 4.22. The number of benzene rings is 1. The summed E-state index contributed by atoms with van der Waals surface area (Å²) in [6.07, 6.45) is 9.72. The Bertz CT molecular complexity index is 823. The molecule has 1 aromatic heterocycles. The maximum Gasteiger partial charge on any atom is 0.0940 e. The minimum Gasteiger partial charge on any atom is -0.385 e. The highest BCUT2D eigenvalue weighted by atomic mass is 16.5. The number of nitrogens with one attached hydrogen (secondary N) is 1. The summed E-state index contributed by atoms with van der Waals surface area (Å²) >= 11 is 0. The molecule has 1 atom stereocenters. The Hall–Kier alpha value is -1.62. The van der Waals surface area contributed by atoms with Crippen molar-refractivity contribution in [3.05, 3.63) is 41.6 Å². The van der Waals surface area contributed by atoms with Crippen LogP contribution in [0, 0.1) is 0 Å². The van der Waals surface area contributed by atoms with E-state index in [1.54, 1.807) is 0 Å². The molecular weight excluding hydrogens is 312 g/mol. The molecule has 0 saturated carbocycles. The lowest BCUT2D eigenvalue weighted by molar-refractivity contribution is -0.0678. The molecule has 25 heavy (non-hydrogen) atoms. The average Bonchev–Trinajstić information content (AvgIpc) is 3.27. The lowest BCUT2D eigenvalue weighted by Gasteiger charge is -2.32. The second-order valence-electron chi connectivity index (χ2n) is 7.83. The summed E-state index contributed by atoms with van der Waals surface area (Å²) in [5, 5.41) is 12.3. The van der Waals surface area contributed by atoms with E-state index in [9.17, 15) is 5.11 Å². The number of hydrogen-bond acceptors (Lipinski definition) is 3. The van der Waals surface area contributed by atoms with Gasteiger partial charge in [-0.25, -0.2) is 0 Å². The van der Waals surface area contributed by atoms with Crippen LogP contribution < -0.4 is 0 Å². The minimum atomic E-state index is -0.746. The van der Waals surface area contributed by atoms with Gasteiger partial charge < -0.3 is 14.8 Å². The first-order chi connectivity index (χ1) is 12.2. The fraction of sp³-hybridized carbons (Fsp3) is 0.524. The van der Waals surface area contributed by atoms with E-state index in [1.165, 1.54) is 35.9 Å². The zero-order valence-corrected chi connectivity index (χ0v) is 14.6. The molecule has 3 aliphatic rings. The van der Waals surface area contributed by atoms with Gasteiger partial charge in [-0.3, -0.25) is 4.90 Å². The zero-order valence-electron chi connectivity index (χ0n) is 14.6. The Kier molecular flexibility index (Phi) is 3.73. The minimum absolute atomic E-state index is 0. The average molecular weight is 340 g/mol. The van der Waals surface area contributed by atoms with Gasteiger partial charge in [0, 0.05) is 62.7 Å². The van der Waals surface area contributed by atoms with E-state index >= 15 is 0 Å².